The van der Waals surface area contributed by atoms with E-state index in [9.17, 15) is 0 Å². The van der Waals surface area contributed by atoms with Crippen LogP contribution in [0.2, 0.25) is 0 Å². The number of hydrogen-bond acceptors (Lipinski definition) is 2. The molecule has 0 aromatic heterocycles. The summed E-state index contributed by atoms with van der Waals surface area (Å²) in [7, 11) is 0. The lowest BCUT2D eigenvalue weighted by atomic mass is 9.92. The van der Waals surface area contributed by atoms with Gasteiger partial charge in [0.2, 0.25) is 0 Å². The fourth-order valence-corrected chi connectivity index (χ4v) is 3.99. The Balaban J connectivity index is 1.96. The second kappa shape index (κ2) is 3.59. The lowest BCUT2D eigenvalue weighted by Crippen LogP contribution is -2.46. The molecule has 0 spiro atoms. The molecule has 2 heterocycles. The van der Waals surface area contributed by atoms with E-state index in [1.165, 1.54) is 44.4 Å². The van der Waals surface area contributed by atoms with Crippen molar-refractivity contribution in [3.05, 3.63) is 0 Å². The number of hydrogen-bond donors (Lipinski definition) is 1. The summed E-state index contributed by atoms with van der Waals surface area (Å²) in [4.78, 5) is 0. The second-order valence-corrected chi connectivity index (χ2v) is 5.61. The van der Waals surface area contributed by atoms with Gasteiger partial charge in [-0.3, -0.25) is 0 Å². The molecule has 0 bridgehead atoms. The summed E-state index contributed by atoms with van der Waals surface area (Å²) in [6.07, 6.45) is 7.11. The average molecular weight is 185 g/mol. The zero-order valence-electron chi connectivity index (χ0n) is 7.94. The maximum Gasteiger partial charge on any atom is 0.0272 e. The van der Waals surface area contributed by atoms with Crippen molar-refractivity contribution in [2.24, 2.45) is 0 Å². The monoisotopic (exact) mass is 185 g/mol. The Bertz CT molecular complexity index is 146. The van der Waals surface area contributed by atoms with Gasteiger partial charge < -0.3 is 5.32 Å². The standard InChI is InChI=1S/C10H19NS/c1-10(6-4-7-11-10)9-5-2-3-8-12-9/h9,11H,2-8H2,1H3. The Hall–Kier alpha value is 0.310. The van der Waals surface area contributed by atoms with E-state index in [4.69, 9.17) is 0 Å². The van der Waals surface area contributed by atoms with Crippen LogP contribution in [-0.4, -0.2) is 23.1 Å². The Labute approximate surface area is 79.7 Å². The van der Waals surface area contributed by atoms with E-state index in [0.717, 1.165) is 5.25 Å². The molecule has 1 N–H and O–H groups in total. The van der Waals surface area contributed by atoms with Gasteiger partial charge in [-0.25, -0.2) is 0 Å². The van der Waals surface area contributed by atoms with Crippen molar-refractivity contribution in [2.75, 3.05) is 12.3 Å². The molecule has 2 heteroatoms. The molecule has 0 aromatic rings. The lowest BCUT2D eigenvalue weighted by molar-refractivity contribution is 0.375. The van der Waals surface area contributed by atoms with Crippen LogP contribution in [0.25, 0.3) is 0 Å². The van der Waals surface area contributed by atoms with Gasteiger partial charge in [-0.15, -0.1) is 0 Å². The van der Waals surface area contributed by atoms with E-state index in [-0.39, 0.29) is 0 Å². The summed E-state index contributed by atoms with van der Waals surface area (Å²) >= 11 is 2.20. The summed E-state index contributed by atoms with van der Waals surface area (Å²) in [6, 6.07) is 0. The highest BCUT2D eigenvalue weighted by Crippen LogP contribution is 2.37. The molecule has 0 radical (unpaired) electrons. The first-order valence-electron chi connectivity index (χ1n) is 5.18. The van der Waals surface area contributed by atoms with Crippen LogP contribution in [-0.2, 0) is 0 Å². The maximum absolute atomic E-state index is 3.68. The van der Waals surface area contributed by atoms with Crippen molar-refractivity contribution in [1.29, 1.82) is 0 Å². The molecule has 2 fully saturated rings. The van der Waals surface area contributed by atoms with Crippen molar-refractivity contribution in [3.8, 4) is 0 Å². The minimum atomic E-state index is 0.477. The lowest BCUT2D eigenvalue weighted by Gasteiger charge is -2.36. The smallest absolute Gasteiger partial charge is 0.0272 e. The molecule has 12 heavy (non-hydrogen) atoms. The third-order valence-corrected chi connectivity index (χ3v) is 4.97. The predicted octanol–water partition coefficient (Wildman–Crippen LogP) is 2.41. The van der Waals surface area contributed by atoms with Crippen LogP contribution in [0, 0.1) is 0 Å². The zero-order valence-corrected chi connectivity index (χ0v) is 8.75. The molecule has 2 aliphatic rings. The van der Waals surface area contributed by atoms with Gasteiger partial charge >= 0.3 is 0 Å². The van der Waals surface area contributed by atoms with Crippen LogP contribution in [0.3, 0.4) is 0 Å². The Morgan fingerprint density at radius 1 is 1.33 bits per heavy atom. The zero-order chi connectivity index (χ0) is 8.44. The van der Waals surface area contributed by atoms with Crippen LogP contribution in [0.15, 0.2) is 0 Å². The normalized spacial score (nSPS) is 43.2. The van der Waals surface area contributed by atoms with Crippen LogP contribution in [0.1, 0.15) is 39.0 Å². The fraction of sp³-hybridized carbons (Fsp3) is 1.00. The molecule has 0 amide bonds. The summed E-state index contributed by atoms with van der Waals surface area (Å²) in [6.45, 7) is 3.66. The fourth-order valence-electron chi connectivity index (χ4n) is 2.44. The van der Waals surface area contributed by atoms with Crippen molar-refractivity contribution in [2.45, 2.75) is 49.8 Å². The molecule has 0 aromatic carbocycles. The number of rotatable bonds is 1. The highest BCUT2D eigenvalue weighted by molar-refractivity contribution is 8.00. The molecule has 70 valence electrons. The maximum atomic E-state index is 3.68. The van der Waals surface area contributed by atoms with E-state index in [1.54, 1.807) is 0 Å². The highest BCUT2D eigenvalue weighted by Gasteiger charge is 2.37. The number of thioether (sulfide) groups is 1. The molecule has 2 atom stereocenters. The quantitative estimate of drug-likeness (QED) is 0.673. The van der Waals surface area contributed by atoms with E-state index in [2.05, 4.69) is 24.0 Å². The SMILES string of the molecule is CC1(C2CCCCS2)CCCN1. The largest absolute Gasteiger partial charge is 0.310 e. The van der Waals surface area contributed by atoms with E-state index >= 15 is 0 Å². The summed E-state index contributed by atoms with van der Waals surface area (Å²) in [5.74, 6) is 1.39. The van der Waals surface area contributed by atoms with Crippen LogP contribution in [0.5, 0.6) is 0 Å². The van der Waals surface area contributed by atoms with Crippen molar-refractivity contribution >= 4 is 11.8 Å². The first-order valence-corrected chi connectivity index (χ1v) is 6.23. The molecule has 0 aliphatic carbocycles. The molecule has 1 nitrogen and oxygen atoms in total. The first kappa shape index (κ1) is 8.89. The molecular formula is C10H19NS. The van der Waals surface area contributed by atoms with Gasteiger partial charge in [0.1, 0.15) is 0 Å². The van der Waals surface area contributed by atoms with Crippen molar-refractivity contribution < 1.29 is 0 Å². The molecule has 2 saturated heterocycles. The van der Waals surface area contributed by atoms with Gasteiger partial charge in [0.15, 0.2) is 0 Å². The first-order chi connectivity index (χ1) is 5.81. The Morgan fingerprint density at radius 3 is 2.83 bits per heavy atom. The molecule has 2 rings (SSSR count). The van der Waals surface area contributed by atoms with Crippen LogP contribution >= 0.6 is 11.8 Å². The van der Waals surface area contributed by atoms with Gasteiger partial charge in [-0.2, -0.15) is 11.8 Å². The van der Waals surface area contributed by atoms with Gasteiger partial charge in [0.05, 0.1) is 0 Å². The summed E-state index contributed by atoms with van der Waals surface area (Å²) < 4.78 is 0. The summed E-state index contributed by atoms with van der Waals surface area (Å²) in [5, 5.41) is 4.58. The molecule has 0 saturated carbocycles. The molecule has 2 aliphatic heterocycles. The predicted molar refractivity (Wildman–Crippen MR) is 55.7 cm³/mol. The Kier molecular flexibility index (Phi) is 2.66. The topological polar surface area (TPSA) is 12.0 Å². The third-order valence-electron chi connectivity index (χ3n) is 3.29. The molecular weight excluding hydrogens is 166 g/mol. The van der Waals surface area contributed by atoms with Crippen molar-refractivity contribution in [1.82, 2.24) is 5.32 Å². The van der Waals surface area contributed by atoms with E-state index in [0.29, 0.717) is 5.54 Å². The number of nitrogens with one attached hydrogen (secondary N) is 1. The van der Waals surface area contributed by atoms with Gasteiger partial charge in [-0.1, -0.05) is 6.42 Å². The third kappa shape index (κ3) is 1.64. The summed E-state index contributed by atoms with van der Waals surface area (Å²) in [5.41, 5.74) is 0.477. The minimum absolute atomic E-state index is 0.477. The van der Waals surface area contributed by atoms with Crippen LogP contribution in [0.4, 0.5) is 0 Å². The van der Waals surface area contributed by atoms with Crippen LogP contribution < -0.4 is 5.32 Å². The van der Waals surface area contributed by atoms with E-state index in [1.807, 2.05) is 0 Å². The van der Waals surface area contributed by atoms with Gasteiger partial charge in [0, 0.05) is 10.8 Å². The highest BCUT2D eigenvalue weighted by atomic mass is 32.2. The van der Waals surface area contributed by atoms with Gasteiger partial charge in [0.25, 0.3) is 0 Å². The minimum Gasteiger partial charge on any atom is -0.310 e. The van der Waals surface area contributed by atoms with Crippen molar-refractivity contribution in [3.63, 3.8) is 0 Å². The van der Waals surface area contributed by atoms with E-state index < -0.39 is 0 Å². The Morgan fingerprint density at radius 2 is 2.25 bits per heavy atom. The second-order valence-electron chi connectivity index (χ2n) is 4.30. The molecule has 2 unspecified atom stereocenters. The van der Waals surface area contributed by atoms with Gasteiger partial charge in [-0.05, 0) is 44.9 Å². The average Bonchev–Trinajstić information content (AvgIpc) is 2.55.